The number of hydrogen-bond acceptors (Lipinski definition) is 3. The van der Waals surface area contributed by atoms with Crippen LogP contribution in [0.1, 0.15) is 19.8 Å². The Balaban J connectivity index is 1.94. The molecule has 1 aromatic rings. The van der Waals surface area contributed by atoms with Crippen LogP contribution in [0.25, 0.3) is 0 Å². The molecule has 4 nitrogen and oxygen atoms in total. The summed E-state index contributed by atoms with van der Waals surface area (Å²) in [5, 5.41) is 2.40. The second-order valence-corrected chi connectivity index (χ2v) is 5.28. The topological polar surface area (TPSA) is 58.4 Å². The van der Waals surface area contributed by atoms with Gasteiger partial charge in [0.1, 0.15) is 11.6 Å². The molecule has 1 heterocycles. The standard InChI is InChI=1S/C14H19F2N3O/c1-9-6-11(17)4-5-19(9)8-14(20)18-13-7-10(15)2-3-12(13)16/h2-3,7,9,11H,4-6,8,17H2,1H3,(H,18,20). The average molecular weight is 283 g/mol. The summed E-state index contributed by atoms with van der Waals surface area (Å²) in [5.74, 6) is -1.58. The van der Waals surface area contributed by atoms with Crippen molar-refractivity contribution in [1.29, 1.82) is 0 Å². The molecule has 6 heteroatoms. The van der Waals surface area contributed by atoms with Gasteiger partial charge in [0.15, 0.2) is 0 Å². The first-order valence-electron chi connectivity index (χ1n) is 6.70. The lowest BCUT2D eigenvalue weighted by molar-refractivity contribution is -0.118. The van der Waals surface area contributed by atoms with E-state index in [2.05, 4.69) is 5.32 Å². The fraction of sp³-hybridized carbons (Fsp3) is 0.500. The molecule has 2 unspecified atom stereocenters. The van der Waals surface area contributed by atoms with E-state index in [0.29, 0.717) is 0 Å². The van der Waals surface area contributed by atoms with Crippen molar-refractivity contribution in [2.24, 2.45) is 5.73 Å². The maximum Gasteiger partial charge on any atom is 0.238 e. The molecule has 2 rings (SSSR count). The minimum Gasteiger partial charge on any atom is -0.328 e. The number of likely N-dealkylation sites (tertiary alicyclic amines) is 1. The lowest BCUT2D eigenvalue weighted by atomic mass is 9.99. The summed E-state index contributed by atoms with van der Waals surface area (Å²) in [7, 11) is 0. The largest absolute Gasteiger partial charge is 0.328 e. The van der Waals surface area contributed by atoms with Crippen LogP contribution in [0, 0.1) is 11.6 Å². The Kier molecular flexibility index (Phi) is 4.67. The molecule has 0 aliphatic carbocycles. The molecule has 1 amide bonds. The number of rotatable bonds is 3. The summed E-state index contributed by atoms with van der Waals surface area (Å²) in [6, 6.07) is 3.36. The van der Waals surface area contributed by atoms with Crippen LogP contribution in [-0.4, -0.2) is 36.0 Å². The van der Waals surface area contributed by atoms with Crippen molar-refractivity contribution in [3.8, 4) is 0 Å². The van der Waals surface area contributed by atoms with Gasteiger partial charge in [-0.1, -0.05) is 0 Å². The monoisotopic (exact) mass is 283 g/mol. The van der Waals surface area contributed by atoms with Gasteiger partial charge in [0, 0.05) is 24.7 Å². The van der Waals surface area contributed by atoms with Crippen molar-refractivity contribution < 1.29 is 13.6 Å². The molecule has 0 radical (unpaired) electrons. The van der Waals surface area contributed by atoms with E-state index in [0.717, 1.165) is 37.6 Å². The van der Waals surface area contributed by atoms with Crippen molar-refractivity contribution in [3.05, 3.63) is 29.8 Å². The zero-order valence-electron chi connectivity index (χ0n) is 11.4. The number of carbonyl (C=O) groups excluding carboxylic acids is 1. The van der Waals surface area contributed by atoms with Crippen molar-refractivity contribution in [2.45, 2.75) is 31.8 Å². The van der Waals surface area contributed by atoms with E-state index >= 15 is 0 Å². The Labute approximate surface area is 116 Å². The molecular weight excluding hydrogens is 264 g/mol. The number of hydrogen-bond donors (Lipinski definition) is 2. The van der Waals surface area contributed by atoms with Crippen molar-refractivity contribution >= 4 is 11.6 Å². The van der Waals surface area contributed by atoms with E-state index in [1.54, 1.807) is 0 Å². The number of amides is 1. The summed E-state index contributed by atoms with van der Waals surface area (Å²) in [4.78, 5) is 13.9. The van der Waals surface area contributed by atoms with Gasteiger partial charge in [-0.25, -0.2) is 8.78 Å². The first-order chi connectivity index (χ1) is 9.45. The third-order valence-corrected chi connectivity index (χ3v) is 3.60. The van der Waals surface area contributed by atoms with Crippen molar-refractivity contribution in [3.63, 3.8) is 0 Å². The molecule has 3 N–H and O–H groups in total. The zero-order chi connectivity index (χ0) is 14.7. The van der Waals surface area contributed by atoms with E-state index in [4.69, 9.17) is 5.73 Å². The number of nitrogens with two attached hydrogens (primary N) is 1. The number of nitrogens with zero attached hydrogens (tertiary/aromatic N) is 1. The van der Waals surface area contributed by atoms with Crippen molar-refractivity contribution in [1.82, 2.24) is 4.90 Å². The predicted octanol–water partition coefficient (Wildman–Crippen LogP) is 1.71. The van der Waals surface area contributed by atoms with E-state index in [9.17, 15) is 13.6 Å². The summed E-state index contributed by atoms with van der Waals surface area (Å²) in [5.41, 5.74) is 5.73. The van der Waals surface area contributed by atoms with E-state index in [-0.39, 0.29) is 30.2 Å². The molecular formula is C14H19F2N3O. The molecule has 1 aliphatic heterocycles. The Bertz CT molecular complexity index is 495. The highest BCUT2D eigenvalue weighted by Gasteiger charge is 2.24. The zero-order valence-corrected chi connectivity index (χ0v) is 11.4. The van der Waals surface area contributed by atoms with Crippen LogP contribution < -0.4 is 11.1 Å². The van der Waals surface area contributed by atoms with Crippen LogP contribution in [0.2, 0.25) is 0 Å². The maximum absolute atomic E-state index is 13.4. The van der Waals surface area contributed by atoms with Crippen LogP contribution in [0.4, 0.5) is 14.5 Å². The van der Waals surface area contributed by atoms with Crippen molar-refractivity contribution in [2.75, 3.05) is 18.4 Å². The first-order valence-corrected chi connectivity index (χ1v) is 6.70. The van der Waals surface area contributed by atoms with Crippen LogP contribution >= 0.6 is 0 Å². The second-order valence-electron chi connectivity index (χ2n) is 5.28. The molecule has 1 fully saturated rings. The summed E-state index contributed by atoms with van der Waals surface area (Å²) < 4.78 is 26.4. The predicted molar refractivity (Wildman–Crippen MR) is 73.2 cm³/mol. The van der Waals surface area contributed by atoms with Gasteiger partial charge in [-0.3, -0.25) is 9.69 Å². The Hall–Kier alpha value is -1.53. The molecule has 1 saturated heterocycles. The highest BCUT2D eigenvalue weighted by molar-refractivity contribution is 5.92. The number of benzene rings is 1. The molecule has 0 saturated carbocycles. The molecule has 1 aliphatic rings. The highest BCUT2D eigenvalue weighted by Crippen LogP contribution is 2.17. The maximum atomic E-state index is 13.4. The molecule has 2 atom stereocenters. The number of nitrogens with one attached hydrogen (secondary N) is 1. The van der Waals surface area contributed by atoms with E-state index in [1.807, 2.05) is 11.8 Å². The highest BCUT2D eigenvalue weighted by atomic mass is 19.1. The fourth-order valence-corrected chi connectivity index (χ4v) is 2.46. The van der Waals surface area contributed by atoms with Crippen LogP contribution in [0.15, 0.2) is 18.2 Å². The van der Waals surface area contributed by atoms with Gasteiger partial charge in [-0.15, -0.1) is 0 Å². The quantitative estimate of drug-likeness (QED) is 0.888. The van der Waals surface area contributed by atoms with Gasteiger partial charge in [-0.05, 0) is 31.9 Å². The molecule has 0 bridgehead atoms. The van der Waals surface area contributed by atoms with Gasteiger partial charge in [0.2, 0.25) is 5.91 Å². The van der Waals surface area contributed by atoms with E-state index in [1.165, 1.54) is 0 Å². The summed E-state index contributed by atoms with van der Waals surface area (Å²) in [6.07, 6.45) is 1.67. The number of carbonyl (C=O) groups is 1. The molecule has 0 spiro atoms. The number of piperidine rings is 1. The van der Waals surface area contributed by atoms with Crippen LogP contribution in [0.3, 0.4) is 0 Å². The average Bonchev–Trinajstić information content (AvgIpc) is 2.37. The smallest absolute Gasteiger partial charge is 0.238 e. The summed E-state index contributed by atoms with van der Waals surface area (Å²) in [6.45, 7) is 2.90. The Morgan fingerprint density at radius 2 is 2.25 bits per heavy atom. The lowest BCUT2D eigenvalue weighted by Crippen LogP contribution is -2.48. The third kappa shape index (κ3) is 3.74. The Morgan fingerprint density at radius 1 is 1.50 bits per heavy atom. The third-order valence-electron chi connectivity index (χ3n) is 3.60. The Morgan fingerprint density at radius 3 is 2.95 bits per heavy atom. The first kappa shape index (κ1) is 14.9. The summed E-state index contributed by atoms with van der Waals surface area (Å²) >= 11 is 0. The van der Waals surface area contributed by atoms with E-state index < -0.39 is 11.6 Å². The van der Waals surface area contributed by atoms with Gasteiger partial charge < -0.3 is 11.1 Å². The SMILES string of the molecule is CC1CC(N)CCN1CC(=O)Nc1cc(F)ccc1F. The van der Waals surface area contributed by atoms with Gasteiger partial charge in [0.25, 0.3) is 0 Å². The van der Waals surface area contributed by atoms with Crippen LogP contribution in [-0.2, 0) is 4.79 Å². The van der Waals surface area contributed by atoms with Gasteiger partial charge in [0.05, 0.1) is 12.2 Å². The molecule has 0 aromatic heterocycles. The minimum atomic E-state index is -0.645. The number of anilines is 1. The molecule has 1 aromatic carbocycles. The van der Waals surface area contributed by atoms with Crippen LogP contribution in [0.5, 0.6) is 0 Å². The fourth-order valence-electron chi connectivity index (χ4n) is 2.46. The second kappa shape index (κ2) is 6.28. The number of halogens is 2. The van der Waals surface area contributed by atoms with Gasteiger partial charge in [-0.2, -0.15) is 0 Å². The molecule has 20 heavy (non-hydrogen) atoms. The minimum absolute atomic E-state index is 0.128. The van der Waals surface area contributed by atoms with Gasteiger partial charge >= 0.3 is 0 Å². The lowest BCUT2D eigenvalue weighted by Gasteiger charge is -2.35. The normalized spacial score (nSPS) is 23.6. The molecule has 110 valence electrons.